The third kappa shape index (κ3) is 5.07. The quantitative estimate of drug-likeness (QED) is 0.817. The van der Waals surface area contributed by atoms with Crippen molar-refractivity contribution >= 4 is 28.3 Å². The number of carbonyl (C=O) groups excluding carboxylic acids is 2. The average Bonchev–Trinajstić information content (AvgIpc) is 3.10. The molecule has 0 saturated heterocycles. The fourth-order valence-electron chi connectivity index (χ4n) is 3.41. The van der Waals surface area contributed by atoms with Crippen LogP contribution < -0.4 is 10.1 Å². The van der Waals surface area contributed by atoms with Gasteiger partial charge in [-0.05, 0) is 38.0 Å². The van der Waals surface area contributed by atoms with Crippen LogP contribution in [0.3, 0.4) is 0 Å². The SMILES string of the molecule is COc1cccc(C(=O)N(CC(=O)Nc2nc(C)cs2)C2CCCCC2)c1. The van der Waals surface area contributed by atoms with Gasteiger partial charge in [-0.2, -0.15) is 0 Å². The Labute approximate surface area is 163 Å². The second-order valence-corrected chi connectivity index (χ2v) is 7.66. The molecule has 3 rings (SSSR count). The number of amides is 2. The third-order valence-electron chi connectivity index (χ3n) is 4.77. The summed E-state index contributed by atoms with van der Waals surface area (Å²) < 4.78 is 5.24. The monoisotopic (exact) mass is 387 g/mol. The molecule has 144 valence electrons. The number of thiazole rings is 1. The van der Waals surface area contributed by atoms with Crippen LogP contribution in [0.4, 0.5) is 5.13 Å². The van der Waals surface area contributed by atoms with Gasteiger partial charge in [-0.15, -0.1) is 11.3 Å². The summed E-state index contributed by atoms with van der Waals surface area (Å²) in [5.41, 5.74) is 1.41. The van der Waals surface area contributed by atoms with Crippen molar-refractivity contribution in [1.29, 1.82) is 0 Å². The normalized spacial score (nSPS) is 14.6. The number of hydrogen-bond donors (Lipinski definition) is 1. The van der Waals surface area contributed by atoms with Gasteiger partial charge < -0.3 is 15.0 Å². The minimum Gasteiger partial charge on any atom is -0.497 e. The molecule has 1 aromatic carbocycles. The number of aryl methyl sites for hydroxylation is 1. The van der Waals surface area contributed by atoms with Crippen molar-refractivity contribution in [2.45, 2.75) is 45.1 Å². The van der Waals surface area contributed by atoms with Crippen LogP contribution in [0.5, 0.6) is 5.75 Å². The summed E-state index contributed by atoms with van der Waals surface area (Å²) in [6, 6.07) is 7.17. The molecule has 0 aliphatic heterocycles. The minimum absolute atomic E-state index is 0.0271. The molecule has 27 heavy (non-hydrogen) atoms. The van der Waals surface area contributed by atoms with E-state index < -0.39 is 0 Å². The Balaban J connectivity index is 1.77. The Morgan fingerprint density at radius 1 is 1.30 bits per heavy atom. The van der Waals surface area contributed by atoms with Gasteiger partial charge in [0.15, 0.2) is 5.13 Å². The smallest absolute Gasteiger partial charge is 0.254 e. The molecule has 1 N–H and O–H groups in total. The van der Waals surface area contributed by atoms with E-state index in [4.69, 9.17) is 4.74 Å². The Kier molecular flexibility index (Phi) is 6.45. The average molecular weight is 388 g/mol. The van der Waals surface area contributed by atoms with Gasteiger partial charge in [0.05, 0.1) is 12.8 Å². The fourth-order valence-corrected chi connectivity index (χ4v) is 4.11. The zero-order valence-electron chi connectivity index (χ0n) is 15.7. The highest BCUT2D eigenvalue weighted by Gasteiger charge is 2.28. The number of ether oxygens (including phenoxy) is 1. The minimum atomic E-state index is -0.217. The largest absolute Gasteiger partial charge is 0.497 e. The van der Waals surface area contributed by atoms with Crippen molar-refractivity contribution in [3.63, 3.8) is 0 Å². The number of rotatable bonds is 6. The lowest BCUT2D eigenvalue weighted by Gasteiger charge is -2.34. The van der Waals surface area contributed by atoms with E-state index in [2.05, 4.69) is 10.3 Å². The highest BCUT2D eigenvalue weighted by molar-refractivity contribution is 7.13. The molecule has 1 aliphatic rings. The highest BCUT2D eigenvalue weighted by Crippen LogP contribution is 2.25. The topological polar surface area (TPSA) is 71.5 Å². The zero-order valence-corrected chi connectivity index (χ0v) is 16.6. The Bertz CT molecular complexity index is 799. The molecule has 7 heteroatoms. The van der Waals surface area contributed by atoms with Crippen LogP contribution >= 0.6 is 11.3 Å². The number of methoxy groups -OCH3 is 1. The van der Waals surface area contributed by atoms with Gasteiger partial charge in [0.1, 0.15) is 12.3 Å². The summed E-state index contributed by atoms with van der Waals surface area (Å²) in [5.74, 6) is 0.282. The first-order valence-corrected chi connectivity index (χ1v) is 10.1. The molecule has 6 nitrogen and oxygen atoms in total. The molecule has 2 amide bonds. The first-order chi connectivity index (χ1) is 13.1. The van der Waals surface area contributed by atoms with Gasteiger partial charge in [0, 0.05) is 17.0 Å². The van der Waals surface area contributed by atoms with Gasteiger partial charge in [-0.3, -0.25) is 9.59 Å². The summed E-state index contributed by atoms with van der Waals surface area (Å²) in [6.07, 6.45) is 5.21. The van der Waals surface area contributed by atoms with E-state index >= 15 is 0 Å². The van der Waals surface area contributed by atoms with Gasteiger partial charge in [0.25, 0.3) is 5.91 Å². The van der Waals surface area contributed by atoms with Gasteiger partial charge >= 0.3 is 0 Å². The number of carbonyl (C=O) groups is 2. The Hall–Kier alpha value is -2.41. The molecule has 0 bridgehead atoms. The molecule has 1 fully saturated rings. The van der Waals surface area contributed by atoms with Gasteiger partial charge in [-0.1, -0.05) is 25.3 Å². The molecule has 2 aromatic rings. The number of aromatic nitrogens is 1. The molecule has 0 radical (unpaired) electrons. The standard InChI is InChI=1S/C20H25N3O3S/c1-14-13-27-20(21-14)22-18(24)12-23(16-8-4-3-5-9-16)19(25)15-7-6-10-17(11-15)26-2/h6-7,10-11,13,16H,3-5,8-9,12H2,1-2H3,(H,21,22,24). The van der Waals surface area contributed by atoms with E-state index in [9.17, 15) is 9.59 Å². The number of benzene rings is 1. The summed E-state index contributed by atoms with van der Waals surface area (Å²) >= 11 is 1.39. The summed E-state index contributed by atoms with van der Waals surface area (Å²) in [6.45, 7) is 1.91. The predicted molar refractivity (Wildman–Crippen MR) is 106 cm³/mol. The van der Waals surface area contributed by atoms with Crippen LogP contribution in [0.15, 0.2) is 29.6 Å². The molecule has 0 atom stereocenters. The maximum absolute atomic E-state index is 13.2. The summed E-state index contributed by atoms with van der Waals surface area (Å²) in [5, 5.41) is 5.26. The van der Waals surface area contributed by atoms with Crippen molar-refractivity contribution in [3.05, 3.63) is 40.9 Å². The van der Waals surface area contributed by atoms with E-state index in [1.807, 2.05) is 12.3 Å². The first kappa shape index (κ1) is 19.4. The number of nitrogens with zero attached hydrogens (tertiary/aromatic N) is 2. The van der Waals surface area contributed by atoms with Crippen molar-refractivity contribution in [2.24, 2.45) is 0 Å². The van der Waals surface area contributed by atoms with E-state index in [0.717, 1.165) is 31.4 Å². The molecule has 0 spiro atoms. The van der Waals surface area contributed by atoms with Crippen LogP contribution in [-0.2, 0) is 4.79 Å². The van der Waals surface area contributed by atoms with Crippen molar-refractivity contribution in [2.75, 3.05) is 19.0 Å². The first-order valence-electron chi connectivity index (χ1n) is 9.24. The van der Waals surface area contributed by atoms with Crippen LogP contribution in [0.2, 0.25) is 0 Å². The second-order valence-electron chi connectivity index (χ2n) is 6.80. The molecular weight excluding hydrogens is 362 g/mol. The third-order valence-corrected chi connectivity index (χ3v) is 5.65. The van der Waals surface area contributed by atoms with E-state index in [1.54, 1.807) is 36.3 Å². The van der Waals surface area contributed by atoms with E-state index in [-0.39, 0.29) is 24.4 Å². The van der Waals surface area contributed by atoms with Crippen LogP contribution in [0.25, 0.3) is 0 Å². The summed E-state index contributed by atoms with van der Waals surface area (Å²) in [4.78, 5) is 31.7. The zero-order chi connectivity index (χ0) is 19.2. The molecule has 0 unspecified atom stereocenters. The van der Waals surface area contributed by atoms with Gasteiger partial charge in [-0.25, -0.2) is 4.98 Å². The molecule has 1 heterocycles. The second kappa shape index (κ2) is 8.99. The van der Waals surface area contributed by atoms with Gasteiger partial charge in [0.2, 0.25) is 5.91 Å². The van der Waals surface area contributed by atoms with E-state index in [0.29, 0.717) is 16.4 Å². The van der Waals surface area contributed by atoms with Crippen LogP contribution in [0, 0.1) is 6.92 Å². The lowest BCUT2D eigenvalue weighted by molar-refractivity contribution is -0.117. The molecule has 1 saturated carbocycles. The molecule has 1 aliphatic carbocycles. The lowest BCUT2D eigenvalue weighted by atomic mass is 9.93. The molecular formula is C20H25N3O3S. The van der Waals surface area contributed by atoms with Crippen molar-refractivity contribution in [3.8, 4) is 5.75 Å². The molecule has 1 aromatic heterocycles. The maximum atomic E-state index is 13.2. The Morgan fingerprint density at radius 3 is 2.74 bits per heavy atom. The number of anilines is 1. The highest BCUT2D eigenvalue weighted by atomic mass is 32.1. The van der Waals surface area contributed by atoms with E-state index in [1.165, 1.54) is 17.8 Å². The van der Waals surface area contributed by atoms with Crippen LogP contribution in [0.1, 0.15) is 48.2 Å². The predicted octanol–water partition coefficient (Wildman–Crippen LogP) is 3.87. The maximum Gasteiger partial charge on any atom is 0.254 e. The summed E-state index contributed by atoms with van der Waals surface area (Å²) in [7, 11) is 1.58. The van der Waals surface area contributed by atoms with Crippen molar-refractivity contribution in [1.82, 2.24) is 9.88 Å². The lowest BCUT2D eigenvalue weighted by Crippen LogP contribution is -2.45. The van der Waals surface area contributed by atoms with Crippen LogP contribution in [-0.4, -0.2) is 41.4 Å². The Morgan fingerprint density at radius 2 is 2.07 bits per heavy atom. The number of hydrogen-bond acceptors (Lipinski definition) is 5. The van der Waals surface area contributed by atoms with Crippen molar-refractivity contribution < 1.29 is 14.3 Å². The fraction of sp³-hybridized carbons (Fsp3) is 0.450. The number of nitrogens with one attached hydrogen (secondary N) is 1.